The predicted octanol–water partition coefficient (Wildman–Crippen LogP) is -0.670. The molecule has 70 valence electrons. The molecule has 6 nitrogen and oxygen atoms in total. The summed E-state index contributed by atoms with van der Waals surface area (Å²) in [5.41, 5.74) is 5.84. The van der Waals surface area contributed by atoms with Crippen molar-refractivity contribution in [2.75, 3.05) is 13.7 Å². The summed E-state index contributed by atoms with van der Waals surface area (Å²) in [5, 5.41) is 7.22. The maximum Gasteiger partial charge on any atom is 0.335 e. The maximum atomic E-state index is 11.1. The number of nitrogens with two attached hydrogens (primary N) is 1. The number of nitrogens with zero attached hydrogens (tertiary/aromatic N) is 3. The van der Waals surface area contributed by atoms with Crippen molar-refractivity contribution in [2.24, 2.45) is 5.73 Å². The molecule has 1 aromatic heterocycles. The third-order valence-corrected chi connectivity index (χ3v) is 1.47. The zero-order valence-corrected chi connectivity index (χ0v) is 7.44. The van der Waals surface area contributed by atoms with Crippen LogP contribution in [0.2, 0.25) is 0 Å². The van der Waals surface area contributed by atoms with Crippen LogP contribution in [0.3, 0.4) is 0 Å². The normalized spacial score (nSPS) is 9.77. The van der Waals surface area contributed by atoms with Crippen molar-refractivity contribution in [3.8, 4) is 6.01 Å². The van der Waals surface area contributed by atoms with Crippen LogP contribution in [0.25, 0.3) is 0 Å². The van der Waals surface area contributed by atoms with Crippen LogP contribution >= 0.6 is 0 Å². The quantitative estimate of drug-likeness (QED) is 0.623. The van der Waals surface area contributed by atoms with Gasteiger partial charge in [-0.2, -0.15) is 4.98 Å². The number of aryl methyl sites for hydroxylation is 1. The van der Waals surface area contributed by atoms with Crippen LogP contribution in [0.4, 0.5) is 0 Å². The Bertz CT molecular complexity index is 326. The first kappa shape index (κ1) is 9.53. The Morgan fingerprint density at radius 1 is 1.54 bits per heavy atom. The lowest BCUT2D eigenvalue weighted by Crippen LogP contribution is -2.18. The highest BCUT2D eigenvalue weighted by atomic mass is 16.5. The summed E-state index contributed by atoms with van der Waals surface area (Å²) in [6.07, 6.45) is 0. The molecule has 0 saturated heterocycles. The average Bonchev–Trinajstić information content (AvgIpc) is 2.16. The highest BCUT2D eigenvalue weighted by Crippen LogP contribution is 2.04. The van der Waals surface area contributed by atoms with Crippen molar-refractivity contribution in [1.82, 2.24) is 15.2 Å². The first-order valence-corrected chi connectivity index (χ1v) is 3.67. The third-order valence-electron chi connectivity index (χ3n) is 1.47. The van der Waals surface area contributed by atoms with Gasteiger partial charge >= 0.3 is 6.01 Å². The molecule has 6 heteroatoms. The van der Waals surface area contributed by atoms with Crippen LogP contribution in [0.15, 0.2) is 0 Å². The van der Waals surface area contributed by atoms with Crippen molar-refractivity contribution in [3.05, 3.63) is 11.4 Å². The number of ketones is 1. The van der Waals surface area contributed by atoms with E-state index in [1.807, 2.05) is 0 Å². The number of Topliss-reactive ketones (excluding diaryl/α,β-unsaturated/α-hetero) is 1. The van der Waals surface area contributed by atoms with Gasteiger partial charge in [0, 0.05) is 0 Å². The van der Waals surface area contributed by atoms with E-state index in [4.69, 9.17) is 10.5 Å². The van der Waals surface area contributed by atoms with Gasteiger partial charge in [0.15, 0.2) is 11.5 Å². The Morgan fingerprint density at radius 2 is 2.23 bits per heavy atom. The molecule has 0 aromatic carbocycles. The molecule has 0 aliphatic heterocycles. The molecule has 2 N–H and O–H groups in total. The number of hydrogen-bond donors (Lipinski definition) is 1. The zero-order chi connectivity index (χ0) is 9.84. The first-order valence-electron chi connectivity index (χ1n) is 3.67. The number of carbonyl (C=O) groups excluding carboxylic acids is 1. The van der Waals surface area contributed by atoms with Crippen LogP contribution in [0.5, 0.6) is 6.01 Å². The fraction of sp³-hybridized carbons (Fsp3) is 0.429. The van der Waals surface area contributed by atoms with E-state index in [9.17, 15) is 4.79 Å². The summed E-state index contributed by atoms with van der Waals surface area (Å²) in [6.45, 7) is 1.56. The number of hydrogen-bond acceptors (Lipinski definition) is 6. The Morgan fingerprint density at radius 3 is 2.69 bits per heavy atom. The highest BCUT2D eigenvalue weighted by Gasteiger charge is 2.11. The number of ether oxygens (including phenoxy) is 1. The second-order valence-electron chi connectivity index (χ2n) is 2.36. The smallest absolute Gasteiger partial charge is 0.335 e. The molecule has 0 spiro atoms. The molecule has 0 atom stereocenters. The summed E-state index contributed by atoms with van der Waals surface area (Å²) >= 11 is 0. The van der Waals surface area contributed by atoms with Crippen molar-refractivity contribution in [2.45, 2.75) is 6.92 Å². The number of rotatable bonds is 3. The van der Waals surface area contributed by atoms with Gasteiger partial charge < -0.3 is 10.5 Å². The van der Waals surface area contributed by atoms with Gasteiger partial charge in [0.2, 0.25) is 0 Å². The standard InChI is InChI=1S/C7H10N4O2/c1-4-6(5(12)3-8)10-11-7(9-4)13-2/h3,8H2,1-2H3. The number of methoxy groups -OCH3 is 1. The molecule has 0 aliphatic carbocycles. The summed E-state index contributed by atoms with van der Waals surface area (Å²) in [4.78, 5) is 15.0. The van der Waals surface area contributed by atoms with E-state index in [-0.39, 0.29) is 24.0 Å². The summed E-state index contributed by atoms with van der Waals surface area (Å²) < 4.78 is 4.74. The Hall–Kier alpha value is -1.56. The fourth-order valence-corrected chi connectivity index (χ4v) is 0.825. The second kappa shape index (κ2) is 3.90. The van der Waals surface area contributed by atoms with Gasteiger partial charge in [-0.1, -0.05) is 5.10 Å². The molecule has 0 radical (unpaired) electrons. The van der Waals surface area contributed by atoms with Crippen LogP contribution in [0, 0.1) is 6.92 Å². The lowest BCUT2D eigenvalue weighted by Gasteiger charge is -2.01. The van der Waals surface area contributed by atoms with Gasteiger partial charge in [0.25, 0.3) is 0 Å². The van der Waals surface area contributed by atoms with Crippen LogP contribution < -0.4 is 10.5 Å². The Balaban J connectivity index is 3.05. The minimum atomic E-state index is -0.278. The third kappa shape index (κ3) is 1.97. The van der Waals surface area contributed by atoms with E-state index in [2.05, 4.69) is 15.2 Å². The van der Waals surface area contributed by atoms with Crippen molar-refractivity contribution >= 4 is 5.78 Å². The zero-order valence-electron chi connectivity index (χ0n) is 7.44. The minimum absolute atomic E-state index is 0.0937. The van der Waals surface area contributed by atoms with Gasteiger partial charge in [0.1, 0.15) is 0 Å². The van der Waals surface area contributed by atoms with E-state index >= 15 is 0 Å². The van der Waals surface area contributed by atoms with Gasteiger partial charge in [0.05, 0.1) is 19.3 Å². The molecule has 0 bridgehead atoms. The van der Waals surface area contributed by atoms with Gasteiger partial charge in [-0.15, -0.1) is 5.10 Å². The van der Waals surface area contributed by atoms with E-state index < -0.39 is 0 Å². The summed E-state index contributed by atoms with van der Waals surface area (Å²) in [6, 6.07) is 0.145. The van der Waals surface area contributed by atoms with E-state index in [1.54, 1.807) is 6.92 Å². The molecule has 13 heavy (non-hydrogen) atoms. The van der Waals surface area contributed by atoms with Crippen LogP contribution in [-0.4, -0.2) is 34.6 Å². The molecule has 0 saturated carbocycles. The monoisotopic (exact) mass is 182 g/mol. The molecule has 0 fully saturated rings. The minimum Gasteiger partial charge on any atom is -0.466 e. The SMILES string of the molecule is COc1nnc(C(=O)CN)c(C)n1. The van der Waals surface area contributed by atoms with Gasteiger partial charge in [-0.3, -0.25) is 4.79 Å². The Kier molecular flexibility index (Phi) is 2.86. The molecular weight excluding hydrogens is 172 g/mol. The van der Waals surface area contributed by atoms with Crippen LogP contribution in [0.1, 0.15) is 16.2 Å². The van der Waals surface area contributed by atoms with E-state index in [1.165, 1.54) is 7.11 Å². The molecule has 0 aliphatic rings. The van der Waals surface area contributed by atoms with Crippen molar-refractivity contribution < 1.29 is 9.53 Å². The summed E-state index contributed by atoms with van der Waals surface area (Å²) in [5.74, 6) is -0.278. The van der Waals surface area contributed by atoms with E-state index in [0.717, 1.165) is 0 Å². The molecule has 0 unspecified atom stereocenters. The predicted molar refractivity (Wildman–Crippen MR) is 44.5 cm³/mol. The fourth-order valence-electron chi connectivity index (χ4n) is 0.825. The lowest BCUT2D eigenvalue weighted by atomic mass is 10.2. The molecule has 1 rings (SSSR count). The molecular formula is C7H10N4O2. The van der Waals surface area contributed by atoms with Crippen molar-refractivity contribution in [1.29, 1.82) is 0 Å². The van der Waals surface area contributed by atoms with Gasteiger partial charge in [-0.05, 0) is 6.92 Å². The number of aromatic nitrogens is 3. The first-order chi connectivity index (χ1) is 6.19. The van der Waals surface area contributed by atoms with Crippen molar-refractivity contribution in [3.63, 3.8) is 0 Å². The molecule has 0 amide bonds. The van der Waals surface area contributed by atoms with Crippen LogP contribution in [-0.2, 0) is 0 Å². The lowest BCUT2D eigenvalue weighted by molar-refractivity contribution is 0.0994. The molecule has 1 heterocycles. The Labute approximate surface area is 75.1 Å². The number of carbonyl (C=O) groups is 1. The molecule has 1 aromatic rings. The average molecular weight is 182 g/mol. The summed E-state index contributed by atoms with van der Waals surface area (Å²) in [7, 11) is 1.43. The highest BCUT2D eigenvalue weighted by molar-refractivity contribution is 5.96. The second-order valence-corrected chi connectivity index (χ2v) is 2.36. The van der Waals surface area contributed by atoms with E-state index in [0.29, 0.717) is 5.69 Å². The van der Waals surface area contributed by atoms with Gasteiger partial charge in [-0.25, -0.2) is 0 Å². The topological polar surface area (TPSA) is 91.0 Å². The largest absolute Gasteiger partial charge is 0.466 e. The maximum absolute atomic E-state index is 11.1.